The highest BCUT2D eigenvalue weighted by Crippen LogP contribution is 2.38. The summed E-state index contributed by atoms with van der Waals surface area (Å²) in [6.45, 7) is 3.89. The van der Waals surface area contributed by atoms with Crippen LogP contribution in [0.25, 0.3) is 11.0 Å². The van der Waals surface area contributed by atoms with Crippen molar-refractivity contribution >= 4 is 11.0 Å². The molecule has 1 aliphatic carbocycles. The van der Waals surface area contributed by atoms with Crippen molar-refractivity contribution in [2.45, 2.75) is 25.2 Å². The molecule has 0 bridgehead atoms. The molecule has 0 fully saturated rings. The number of aryl methyl sites for hydroxylation is 1. The minimum Gasteiger partial charge on any atom is -0.460 e. The lowest BCUT2D eigenvalue weighted by Crippen LogP contribution is -2.04. The van der Waals surface area contributed by atoms with Gasteiger partial charge in [0.2, 0.25) is 0 Å². The largest absolute Gasteiger partial charge is 0.460 e. The minimum absolute atomic E-state index is 0.418. The second kappa shape index (κ2) is 3.27. The molecule has 1 atom stereocenters. The van der Waals surface area contributed by atoms with E-state index in [1.165, 1.54) is 23.8 Å². The molecule has 1 aromatic carbocycles. The molecule has 0 saturated heterocycles. The maximum atomic E-state index is 5.92. The first kappa shape index (κ1) is 8.78. The summed E-state index contributed by atoms with van der Waals surface area (Å²) in [5.74, 6) is 1.57. The molecule has 15 heavy (non-hydrogen) atoms. The smallest absolute Gasteiger partial charge is 0.134 e. The Balaban J connectivity index is 2.28. The first-order valence-electron chi connectivity index (χ1n) is 5.53. The van der Waals surface area contributed by atoms with Crippen LogP contribution in [-0.2, 0) is 6.42 Å². The Hall–Kier alpha value is -1.50. The van der Waals surface area contributed by atoms with Crippen molar-refractivity contribution in [2.24, 2.45) is 0 Å². The maximum absolute atomic E-state index is 5.92. The van der Waals surface area contributed by atoms with Crippen LogP contribution in [0.15, 0.2) is 41.3 Å². The van der Waals surface area contributed by atoms with Crippen LogP contribution >= 0.6 is 0 Å². The average molecular weight is 198 g/mol. The number of furan rings is 1. The summed E-state index contributed by atoms with van der Waals surface area (Å²) in [4.78, 5) is 0. The molecule has 1 aliphatic rings. The minimum atomic E-state index is 0.418. The Morgan fingerprint density at radius 1 is 1.33 bits per heavy atom. The van der Waals surface area contributed by atoms with E-state index in [-0.39, 0.29) is 0 Å². The molecule has 2 aromatic rings. The second-order valence-corrected chi connectivity index (χ2v) is 4.18. The monoisotopic (exact) mass is 198 g/mol. The van der Waals surface area contributed by atoms with E-state index in [0.717, 1.165) is 17.8 Å². The Bertz CT molecular complexity index is 507. The molecule has 1 nitrogen and oxygen atoms in total. The van der Waals surface area contributed by atoms with Gasteiger partial charge in [0.05, 0.1) is 0 Å². The summed E-state index contributed by atoms with van der Waals surface area (Å²) in [6.07, 6.45) is 5.58. The first-order valence-corrected chi connectivity index (χ1v) is 5.53. The van der Waals surface area contributed by atoms with E-state index in [1.54, 1.807) is 0 Å². The molecule has 0 spiro atoms. The lowest BCUT2D eigenvalue weighted by molar-refractivity contribution is 0.475. The molecular formula is C14H14O. The molecule has 1 heteroatoms. The predicted octanol–water partition coefficient (Wildman–Crippen LogP) is 4.04. The Labute approximate surface area is 89.4 Å². The second-order valence-electron chi connectivity index (χ2n) is 4.18. The third-order valence-corrected chi connectivity index (χ3v) is 3.29. The SMILES string of the molecule is C=CC1CCCc2c1oc1ccccc21. The molecule has 1 unspecified atom stereocenters. The van der Waals surface area contributed by atoms with Crippen molar-refractivity contribution < 1.29 is 4.42 Å². The highest BCUT2D eigenvalue weighted by atomic mass is 16.3. The number of hydrogen-bond acceptors (Lipinski definition) is 1. The zero-order chi connectivity index (χ0) is 10.3. The van der Waals surface area contributed by atoms with Gasteiger partial charge >= 0.3 is 0 Å². The molecule has 76 valence electrons. The summed E-state index contributed by atoms with van der Waals surface area (Å²) in [5.41, 5.74) is 2.43. The third kappa shape index (κ3) is 1.23. The van der Waals surface area contributed by atoms with Crippen LogP contribution in [0.4, 0.5) is 0 Å². The summed E-state index contributed by atoms with van der Waals surface area (Å²) in [7, 11) is 0. The molecule has 0 N–H and O–H groups in total. The van der Waals surface area contributed by atoms with Gasteiger partial charge in [0.15, 0.2) is 0 Å². The van der Waals surface area contributed by atoms with Crippen molar-refractivity contribution in [2.75, 3.05) is 0 Å². The van der Waals surface area contributed by atoms with Crippen molar-refractivity contribution in [1.29, 1.82) is 0 Å². The van der Waals surface area contributed by atoms with E-state index in [9.17, 15) is 0 Å². The van der Waals surface area contributed by atoms with Crippen LogP contribution < -0.4 is 0 Å². The number of hydrogen-bond donors (Lipinski definition) is 0. The molecular weight excluding hydrogens is 184 g/mol. The van der Waals surface area contributed by atoms with Crippen LogP contribution in [0.1, 0.15) is 30.1 Å². The van der Waals surface area contributed by atoms with Gasteiger partial charge in [-0.1, -0.05) is 24.3 Å². The summed E-state index contributed by atoms with van der Waals surface area (Å²) < 4.78 is 5.92. The predicted molar refractivity (Wildman–Crippen MR) is 62.1 cm³/mol. The van der Waals surface area contributed by atoms with E-state index < -0.39 is 0 Å². The summed E-state index contributed by atoms with van der Waals surface area (Å²) >= 11 is 0. The van der Waals surface area contributed by atoms with Gasteiger partial charge in [0.1, 0.15) is 11.3 Å². The van der Waals surface area contributed by atoms with Gasteiger partial charge in [0, 0.05) is 16.9 Å². The summed E-state index contributed by atoms with van der Waals surface area (Å²) in [5, 5.41) is 1.29. The normalized spacial score (nSPS) is 20.1. The van der Waals surface area contributed by atoms with Gasteiger partial charge in [0.25, 0.3) is 0 Å². The number of allylic oxidation sites excluding steroid dienone is 1. The molecule has 1 heterocycles. The summed E-state index contributed by atoms with van der Waals surface area (Å²) in [6, 6.07) is 8.31. The Morgan fingerprint density at radius 3 is 3.07 bits per heavy atom. The van der Waals surface area contributed by atoms with Crippen LogP contribution in [-0.4, -0.2) is 0 Å². The van der Waals surface area contributed by atoms with Crippen molar-refractivity contribution in [3.05, 3.63) is 48.2 Å². The van der Waals surface area contributed by atoms with Crippen molar-refractivity contribution in [3.8, 4) is 0 Å². The molecule has 0 radical (unpaired) electrons. The van der Waals surface area contributed by atoms with Gasteiger partial charge in [-0.2, -0.15) is 0 Å². The van der Waals surface area contributed by atoms with Crippen molar-refractivity contribution in [1.82, 2.24) is 0 Å². The van der Waals surface area contributed by atoms with E-state index in [0.29, 0.717) is 5.92 Å². The molecule has 0 aliphatic heterocycles. The maximum Gasteiger partial charge on any atom is 0.134 e. The number of benzene rings is 1. The lowest BCUT2D eigenvalue weighted by atomic mass is 9.87. The number of rotatable bonds is 1. The zero-order valence-corrected chi connectivity index (χ0v) is 8.70. The van der Waals surface area contributed by atoms with Gasteiger partial charge in [-0.15, -0.1) is 6.58 Å². The van der Waals surface area contributed by atoms with Gasteiger partial charge < -0.3 is 4.42 Å². The highest BCUT2D eigenvalue weighted by molar-refractivity contribution is 5.82. The van der Waals surface area contributed by atoms with E-state index in [1.807, 2.05) is 18.2 Å². The fourth-order valence-electron chi connectivity index (χ4n) is 2.53. The topological polar surface area (TPSA) is 13.1 Å². The van der Waals surface area contributed by atoms with E-state index in [2.05, 4.69) is 18.7 Å². The molecule has 0 amide bonds. The quantitative estimate of drug-likeness (QED) is 0.630. The van der Waals surface area contributed by atoms with E-state index in [4.69, 9.17) is 4.42 Å². The molecule has 1 aromatic heterocycles. The fraction of sp³-hybridized carbons (Fsp3) is 0.286. The van der Waals surface area contributed by atoms with Gasteiger partial charge in [-0.25, -0.2) is 0 Å². The van der Waals surface area contributed by atoms with Crippen LogP contribution in [0.5, 0.6) is 0 Å². The molecule has 0 saturated carbocycles. The fourth-order valence-corrected chi connectivity index (χ4v) is 2.53. The van der Waals surface area contributed by atoms with Crippen LogP contribution in [0.3, 0.4) is 0 Å². The highest BCUT2D eigenvalue weighted by Gasteiger charge is 2.23. The first-order chi connectivity index (χ1) is 7.40. The zero-order valence-electron chi connectivity index (χ0n) is 8.70. The third-order valence-electron chi connectivity index (χ3n) is 3.29. The number of para-hydroxylation sites is 1. The van der Waals surface area contributed by atoms with Crippen LogP contribution in [0.2, 0.25) is 0 Å². The van der Waals surface area contributed by atoms with Crippen molar-refractivity contribution in [3.63, 3.8) is 0 Å². The number of fused-ring (bicyclic) bond motifs is 3. The Kier molecular flexibility index (Phi) is 1.91. The van der Waals surface area contributed by atoms with Gasteiger partial charge in [-0.05, 0) is 25.3 Å². The molecule has 3 rings (SSSR count). The average Bonchev–Trinajstić information content (AvgIpc) is 2.67. The van der Waals surface area contributed by atoms with Gasteiger partial charge in [-0.3, -0.25) is 0 Å². The van der Waals surface area contributed by atoms with E-state index >= 15 is 0 Å². The lowest BCUT2D eigenvalue weighted by Gasteiger charge is -2.17. The Morgan fingerprint density at radius 2 is 2.20 bits per heavy atom. The van der Waals surface area contributed by atoms with Crippen LogP contribution in [0, 0.1) is 0 Å². The standard InChI is InChI=1S/C14H14O/c1-2-10-6-5-8-12-11-7-3-4-9-13(11)15-14(10)12/h2-4,7,9-10H,1,5-6,8H2.